The lowest BCUT2D eigenvalue weighted by atomic mass is 10.2. The van der Waals surface area contributed by atoms with Gasteiger partial charge in [-0.25, -0.2) is 4.79 Å². The number of halogens is 1. The molecule has 2 fully saturated rings. The molecule has 26 heavy (non-hydrogen) atoms. The molecule has 142 valence electrons. The summed E-state index contributed by atoms with van der Waals surface area (Å²) in [5.41, 5.74) is 1.64. The fourth-order valence-electron chi connectivity index (χ4n) is 2.90. The third-order valence-electron chi connectivity index (χ3n) is 4.93. The molecule has 0 spiro atoms. The Hall–Kier alpha value is -1.79. The highest BCUT2D eigenvalue weighted by atomic mass is 35.5. The Kier molecular flexibility index (Phi) is 6.04. The van der Waals surface area contributed by atoms with Gasteiger partial charge in [0, 0.05) is 36.9 Å². The van der Waals surface area contributed by atoms with Gasteiger partial charge in [0.25, 0.3) is 5.91 Å². The van der Waals surface area contributed by atoms with E-state index in [1.807, 2.05) is 26.0 Å². The summed E-state index contributed by atoms with van der Waals surface area (Å²) < 4.78 is 5.66. The topological polar surface area (TPSA) is 61.9 Å². The van der Waals surface area contributed by atoms with Crippen LogP contribution in [0.25, 0.3) is 0 Å². The summed E-state index contributed by atoms with van der Waals surface area (Å²) in [6, 6.07) is 5.28. The molecule has 1 aromatic rings. The number of ether oxygens (including phenoxy) is 1. The maximum atomic E-state index is 12.4. The molecule has 0 bridgehead atoms. The summed E-state index contributed by atoms with van der Waals surface area (Å²) in [7, 11) is 0. The summed E-state index contributed by atoms with van der Waals surface area (Å²) in [6.45, 7) is 6.47. The highest BCUT2D eigenvalue weighted by molar-refractivity contribution is 6.31. The van der Waals surface area contributed by atoms with Crippen LogP contribution in [0.2, 0.25) is 5.02 Å². The molecule has 1 N–H and O–H groups in total. The predicted molar refractivity (Wildman–Crippen MR) is 101 cm³/mol. The van der Waals surface area contributed by atoms with E-state index in [4.69, 9.17) is 16.3 Å². The van der Waals surface area contributed by atoms with E-state index in [1.165, 1.54) is 12.8 Å². The van der Waals surface area contributed by atoms with Crippen LogP contribution in [0.3, 0.4) is 0 Å². The molecule has 1 saturated carbocycles. The van der Waals surface area contributed by atoms with Crippen molar-refractivity contribution < 1.29 is 14.3 Å². The number of carbonyl (C=O) groups excluding carboxylic acids is 2. The zero-order chi connectivity index (χ0) is 18.7. The Morgan fingerprint density at radius 2 is 1.88 bits per heavy atom. The average Bonchev–Trinajstić information content (AvgIpc) is 3.46. The summed E-state index contributed by atoms with van der Waals surface area (Å²) in [6.07, 6.45) is 2.01. The van der Waals surface area contributed by atoms with E-state index in [0.29, 0.717) is 49.4 Å². The van der Waals surface area contributed by atoms with Crippen LogP contribution >= 0.6 is 11.6 Å². The Labute approximate surface area is 159 Å². The Morgan fingerprint density at radius 1 is 1.23 bits per heavy atom. The largest absolute Gasteiger partial charge is 0.368 e. The minimum Gasteiger partial charge on any atom is -0.368 e. The molecule has 1 heterocycles. The van der Waals surface area contributed by atoms with E-state index in [0.717, 1.165) is 5.56 Å². The van der Waals surface area contributed by atoms with E-state index < -0.39 is 6.10 Å². The molecular formula is C19H26ClN3O3. The fourth-order valence-corrected chi connectivity index (χ4v) is 3.08. The van der Waals surface area contributed by atoms with Crippen LogP contribution in [0.5, 0.6) is 0 Å². The van der Waals surface area contributed by atoms with Crippen molar-refractivity contribution in [2.45, 2.75) is 32.8 Å². The molecule has 1 atom stereocenters. The molecule has 1 aliphatic heterocycles. The van der Waals surface area contributed by atoms with Crippen molar-refractivity contribution in [1.29, 1.82) is 0 Å². The summed E-state index contributed by atoms with van der Waals surface area (Å²) in [5, 5.41) is 3.48. The number of piperazine rings is 1. The first kappa shape index (κ1) is 19.0. The third kappa shape index (κ3) is 4.89. The van der Waals surface area contributed by atoms with Crippen molar-refractivity contribution in [1.82, 2.24) is 9.80 Å². The molecule has 7 heteroatoms. The molecule has 1 saturated heterocycles. The third-order valence-corrected chi connectivity index (χ3v) is 5.34. The minimum absolute atomic E-state index is 0.0102. The van der Waals surface area contributed by atoms with E-state index in [2.05, 4.69) is 5.32 Å². The van der Waals surface area contributed by atoms with Crippen LogP contribution in [-0.4, -0.2) is 60.6 Å². The van der Waals surface area contributed by atoms with E-state index in [9.17, 15) is 9.59 Å². The molecule has 2 aliphatic rings. The van der Waals surface area contributed by atoms with Crippen LogP contribution < -0.4 is 5.32 Å². The summed E-state index contributed by atoms with van der Waals surface area (Å²) >= 11 is 6.09. The van der Waals surface area contributed by atoms with Crippen molar-refractivity contribution in [2.24, 2.45) is 5.92 Å². The highest BCUT2D eigenvalue weighted by Gasteiger charge is 2.29. The second-order valence-electron chi connectivity index (χ2n) is 7.13. The van der Waals surface area contributed by atoms with Gasteiger partial charge in [-0.2, -0.15) is 0 Å². The molecule has 3 rings (SSSR count). The zero-order valence-corrected chi connectivity index (χ0v) is 16.1. The van der Waals surface area contributed by atoms with Crippen molar-refractivity contribution in [2.75, 3.05) is 38.1 Å². The van der Waals surface area contributed by atoms with E-state index >= 15 is 0 Å². The van der Waals surface area contributed by atoms with Gasteiger partial charge in [0.15, 0.2) is 0 Å². The number of hydrogen-bond acceptors (Lipinski definition) is 3. The number of anilines is 1. The van der Waals surface area contributed by atoms with Gasteiger partial charge in [0.05, 0.1) is 6.61 Å². The van der Waals surface area contributed by atoms with E-state index in [1.54, 1.807) is 15.9 Å². The van der Waals surface area contributed by atoms with Gasteiger partial charge in [-0.15, -0.1) is 0 Å². The summed E-state index contributed by atoms with van der Waals surface area (Å²) in [4.78, 5) is 28.3. The van der Waals surface area contributed by atoms with Crippen molar-refractivity contribution in [3.05, 3.63) is 28.8 Å². The molecule has 0 radical (unpaired) electrons. The molecular weight excluding hydrogens is 354 g/mol. The smallest absolute Gasteiger partial charge is 0.321 e. The van der Waals surface area contributed by atoms with Gasteiger partial charge in [-0.05, 0) is 50.3 Å². The number of nitrogens with zero attached hydrogens (tertiary/aromatic N) is 2. The van der Waals surface area contributed by atoms with Crippen LogP contribution in [-0.2, 0) is 9.53 Å². The number of amides is 3. The van der Waals surface area contributed by atoms with Gasteiger partial charge < -0.3 is 19.9 Å². The van der Waals surface area contributed by atoms with Crippen LogP contribution in [0, 0.1) is 12.8 Å². The molecule has 6 nitrogen and oxygen atoms in total. The van der Waals surface area contributed by atoms with Crippen molar-refractivity contribution in [3.8, 4) is 0 Å². The van der Waals surface area contributed by atoms with E-state index in [-0.39, 0.29) is 11.9 Å². The van der Waals surface area contributed by atoms with Gasteiger partial charge in [-0.1, -0.05) is 17.7 Å². The first-order valence-electron chi connectivity index (χ1n) is 9.16. The van der Waals surface area contributed by atoms with Crippen LogP contribution in [0.15, 0.2) is 18.2 Å². The predicted octanol–water partition coefficient (Wildman–Crippen LogP) is 3.14. The number of carbonyl (C=O) groups is 2. The molecule has 0 aromatic heterocycles. The van der Waals surface area contributed by atoms with Gasteiger partial charge >= 0.3 is 6.03 Å². The normalized spacial score (nSPS) is 18.6. The maximum Gasteiger partial charge on any atom is 0.321 e. The fraction of sp³-hybridized carbons (Fsp3) is 0.579. The highest BCUT2D eigenvalue weighted by Crippen LogP contribution is 2.29. The quantitative estimate of drug-likeness (QED) is 0.854. The standard InChI is InChI=1S/C19H26ClN3O3/c1-13-3-6-16(11-17(13)20)21-19(25)23-9-7-22(8-10-23)18(24)14(2)26-12-15-4-5-15/h3,6,11,14-15H,4-5,7-10,12H2,1-2H3,(H,21,25). The Bertz CT molecular complexity index is 670. The number of benzene rings is 1. The summed E-state index contributed by atoms with van der Waals surface area (Å²) in [5.74, 6) is 0.650. The Balaban J connectivity index is 1.45. The Morgan fingerprint density at radius 3 is 2.50 bits per heavy atom. The minimum atomic E-state index is -0.411. The van der Waals surface area contributed by atoms with Gasteiger partial charge in [0.1, 0.15) is 6.10 Å². The number of aryl methyl sites for hydroxylation is 1. The first-order chi connectivity index (χ1) is 12.4. The SMILES string of the molecule is Cc1ccc(NC(=O)N2CCN(C(=O)C(C)OCC3CC3)CC2)cc1Cl. The van der Waals surface area contributed by atoms with Crippen LogP contribution in [0.1, 0.15) is 25.3 Å². The number of urea groups is 1. The lowest BCUT2D eigenvalue weighted by Crippen LogP contribution is -2.53. The number of nitrogens with one attached hydrogen (secondary N) is 1. The maximum absolute atomic E-state index is 12.4. The molecule has 1 unspecified atom stereocenters. The average molecular weight is 380 g/mol. The number of rotatable bonds is 5. The number of hydrogen-bond donors (Lipinski definition) is 1. The van der Waals surface area contributed by atoms with Crippen molar-refractivity contribution in [3.63, 3.8) is 0 Å². The van der Waals surface area contributed by atoms with Crippen molar-refractivity contribution >= 4 is 29.2 Å². The second-order valence-corrected chi connectivity index (χ2v) is 7.53. The lowest BCUT2D eigenvalue weighted by Gasteiger charge is -2.35. The first-order valence-corrected chi connectivity index (χ1v) is 9.54. The molecule has 1 aromatic carbocycles. The molecule has 3 amide bonds. The molecule has 1 aliphatic carbocycles. The second kappa shape index (κ2) is 8.27. The van der Waals surface area contributed by atoms with Crippen LogP contribution in [0.4, 0.5) is 10.5 Å². The lowest BCUT2D eigenvalue weighted by molar-refractivity contribution is -0.144. The van der Waals surface area contributed by atoms with Gasteiger partial charge in [-0.3, -0.25) is 4.79 Å². The zero-order valence-electron chi connectivity index (χ0n) is 15.3. The monoisotopic (exact) mass is 379 g/mol. The van der Waals surface area contributed by atoms with Gasteiger partial charge in [0.2, 0.25) is 0 Å².